The van der Waals surface area contributed by atoms with Gasteiger partial charge in [-0.05, 0) is 45.4 Å². The zero-order chi connectivity index (χ0) is 13.9. The van der Waals surface area contributed by atoms with Gasteiger partial charge in [0, 0.05) is 20.6 Å². The first kappa shape index (κ1) is 17.6. The van der Waals surface area contributed by atoms with Crippen molar-refractivity contribution in [2.45, 2.75) is 38.8 Å². The Morgan fingerprint density at radius 1 is 1.17 bits per heavy atom. The standard InChI is InChI=1S/C12H27NO4Si/c1-5-17-12(14)8-6-9-13-10-7-11-18(4,15-2)16-3/h13H,5-11H2,1-4H3. The number of carbonyl (C=O) groups excluding carboxylic acids is 1. The normalized spacial score (nSPS) is 11.6. The largest absolute Gasteiger partial charge is 0.466 e. The lowest BCUT2D eigenvalue weighted by Crippen LogP contribution is -2.36. The van der Waals surface area contributed by atoms with E-state index in [1.54, 1.807) is 14.2 Å². The van der Waals surface area contributed by atoms with Crippen LogP contribution in [0.2, 0.25) is 12.6 Å². The number of esters is 1. The van der Waals surface area contributed by atoms with Crippen molar-refractivity contribution < 1.29 is 18.4 Å². The van der Waals surface area contributed by atoms with Crippen molar-refractivity contribution in [2.75, 3.05) is 33.9 Å². The van der Waals surface area contributed by atoms with Crippen molar-refractivity contribution in [3.8, 4) is 0 Å². The predicted molar refractivity (Wildman–Crippen MR) is 73.8 cm³/mol. The second-order valence-electron chi connectivity index (χ2n) is 4.30. The van der Waals surface area contributed by atoms with E-state index in [0.717, 1.165) is 32.0 Å². The van der Waals surface area contributed by atoms with Crippen LogP contribution in [0.3, 0.4) is 0 Å². The molecule has 6 heteroatoms. The monoisotopic (exact) mass is 277 g/mol. The van der Waals surface area contributed by atoms with E-state index in [-0.39, 0.29) is 5.97 Å². The van der Waals surface area contributed by atoms with Gasteiger partial charge in [0.2, 0.25) is 0 Å². The summed E-state index contributed by atoms with van der Waals surface area (Å²) in [6, 6.07) is 0.977. The van der Waals surface area contributed by atoms with E-state index >= 15 is 0 Å². The van der Waals surface area contributed by atoms with Crippen LogP contribution in [0.5, 0.6) is 0 Å². The smallest absolute Gasteiger partial charge is 0.334 e. The minimum absolute atomic E-state index is 0.113. The summed E-state index contributed by atoms with van der Waals surface area (Å²) < 4.78 is 15.7. The van der Waals surface area contributed by atoms with E-state index in [4.69, 9.17) is 13.6 Å². The third-order valence-electron chi connectivity index (χ3n) is 2.89. The minimum atomic E-state index is -1.91. The summed E-state index contributed by atoms with van der Waals surface area (Å²) in [7, 11) is 1.51. The maximum Gasteiger partial charge on any atom is 0.334 e. The topological polar surface area (TPSA) is 56.8 Å². The molecule has 18 heavy (non-hydrogen) atoms. The maximum absolute atomic E-state index is 11.1. The highest BCUT2D eigenvalue weighted by Gasteiger charge is 2.27. The van der Waals surface area contributed by atoms with Gasteiger partial charge in [0.15, 0.2) is 0 Å². The summed E-state index contributed by atoms with van der Waals surface area (Å²) in [5.74, 6) is -0.113. The SMILES string of the molecule is CCOC(=O)CCCNCCC[Si](C)(OC)OC. The fourth-order valence-electron chi connectivity index (χ4n) is 1.54. The Bertz CT molecular complexity index is 222. The molecular weight excluding hydrogens is 250 g/mol. The van der Waals surface area contributed by atoms with Gasteiger partial charge < -0.3 is 18.9 Å². The van der Waals surface area contributed by atoms with Crippen LogP contribution in [0.4, 0.5) is 0 Å². The molecule has 1 N–H and O–H groups in total. The molecule has 0 aromatic rings. The summed E-state index contributed by atoms with van der Waals surface area (Å²) in [6.07, 6.45) is 2.34. The van der Waals surface area contributed by atoms with Gasteiger partial charge in [-0.1, -0.05) is 0 Å². The van der Waals surface area contributed by atoms with E-state index in [1.165, 1.54) is 0 Å². The Kier molecular flexibility index (Phi) is 10.2. The molecule has 0 spiro atoms. The van der Waals surface area contributed by atoms with Crippen molar-refractivity contribution in [1.29, 1.82) is 0 Å². The van der Waals surface area contributed by atoms with Crippen molar-refractivity contribution in [2.24, 2.45) is 0 Å². The van der Waals surface area contributed by atoms with Crippen molar-refractivity contribution >= 4 is 14.5 Å². The van der Waals surface area contributed by atoms with Crippen LogP contribution in [0, 0.1) is 0 Å². The first-order chi connectivity index (χ1) is 8.58. The molecule has 0 radical (unpaired) electrons. The molecule has 0 aromatic carbocycles. The number of rotatable bonds is 11. The van der Waals surface area contributed by atoms with E-state index in [1.807, 2.05) is 6.92 Å². The molecule has 0 heterocycles. The zero-order valence-electron chi connectivity index (χ0n) is 12.1. The van der Waals surface area contributed by atoms with Gasteiger partial charge in [-0.15, -0.1) is 0 Å². The van der Waals surface area contributed by atoms with E-state index in [2.05, 4.69) is 11.9 Å². The molecule has 5 nitrogen and oxygen atoms in total. The highest BCUT2D eigenvalue weighted by molar-refractivity contribution is 6.65. The molecule has 0 saturated heterocycles. The van der Waals surface area contributed by atoms with E-state index < -0.39 is 8.56 Å². The number of hydrogen-bond acceptors (Lipinski definition) is 5. The Morgan fingerprint density at radius 3 is 2.33 bits per heavy atom. The van der Waals surface area contributed by atoms with Gasteiger partial charge in [-0.2, -0.15) is 0 Å². The van der Waals surface area contributed by atoms with Crippen molar-refractivity contribution in [3.63, 3.8) is 0 Å². The minimum Gasteiger partial charge on any atom is -0.466 e. The van der Waals surface area contributed by atoms with Crippen molar-refractivity contribution in [1.82, 2.24) is 5.32 Å². The number of carbonyl (C=O) groups is 1. The van der Waals surface area contributed by atoms with E-state index in [0.29, 0.717) is 13.0 Å². The average Bonchev–Trinajstić information content (AvgIpc) is 2.37. The van der Waals surface area contributed by atoms with Crippen LogP contribution in [-0.4, -0.2) is 48.4 Å². The molecule has 108 valence electrons. The molecule has 0 aliphatic carbocycles. The Balaban J connectivity index is 3.38. The van der Waals surface area contributed by atoms with Crippen molar-refractivity contribution in [3.05, 3.63) is 0 Å². The number of nitrogens with one attached hydrogen (secondary N) is 1. The highest BCUT2D eigenvalue weighted by Crippen LogP contribution is 2.12. The Labute approximate surface area is 111 Å². The third kappa shape index (κ3) is 8.63. The average molecular weight is 277 g/mol. The molecule has 0 saturated carbocycles. The van der Waals surface area contributed by atoms with Crippen LogP contribution in [0.15, 0.2) is 0 Å². The van der Waals surface area contributed by atoms with Gasteiger partial charge in [-0.3, -0.25) is 4.79 Å². The predicted octanol–water partition coefficient (Wildman–Crippen LogP) is 1.67. The summed E-state index contributed by atoms with van der Waals surface area (Å²) in [5.41, 5.74) is 0. The van der Waals surface area contributed by atoms with Crippen LogP contribution in [0.25, 0.3) is 0 Å². The Morgan fingerprint density at radius 2 is 1.78 bits per heavy atom. The molecule has 0 fully saturated rings. The molecule has 0 aliphatic rings. The number of ether oxygens (including phenoxy) is 1. The second-order valence-corrected chi connectivity index (χ2v) is 7.89. The fourth-order valence-corrected chi connectivity index (χ4v) is 2.93. The van der Waals surface area contributed by atoms with Gasteiger partial charge in [0.25, 0.3) is 0 Å². The first-order valence-corrected chi connectivity index (χ1v) is 9.07. The summed E-state index contributed by atoms with van der Waals surface area (Å²) in [4.78, 5) is 11.1. The fraction of sp³-hybridized carbons (Fsp3) is 0.917. The third-order valence-corrected chi connectivity index (χ3v) is 5.88. The molecule has 0 rings (SSSR count). The molecular formula is C12H27NO4Si. The molecule has 0 amide bonds. The molecule has 0 bridgehead atoms. The van der Waals surface area contributed by atoms with Gasteiger partial charge in [0.1, 0.15) is 0 Å². The summed E-state index contributed by atoms with van der Waals surface area (Å²) in [6.45, 7) is 6.12. The molecule has 0 unspecified atom stereocenters. The lowest BCUT2D eigenvalue weighted by molar-refractivity contribution is -0.143. The second kappa shape index (κ2) is 10.5. The summed E-state index contributed by atoms with van der Waals surface area (Å²) in [5, 5.41) is 3.31. The lowest BCUT2D eigenvalue weighted by atomic mass is 10.3. The van der Waals surface area contributed by atoms with Gasteiger partial charge >= 0.3 is 14.5 Å². The maximum atomic E-state index is 11.1. The van der Waals surface area contributed by atoms with Crippen LogP contribution < -0.4 is 5.32 Å². The molecule has 0 aromatic heterocycles. The van der Waals surface area contributed by atoms with Crippen LogP contribution in [0.1, 0.15) is 26.2 Å². The van der Waals surface area contributed by atoms with Gasteiger partial charge in [0.05, 0.1) is 6.61 Å². The molecule has 0 aliphatic heterocycles. The van der Waals surface area contributed by atoms with E-state index in [9.17, 15) is 4.79 Å². The first-order valence-electron chi connectivity index (χ1n) is 6.54. The quantitative estimate of drug-likeness (QED) is 0.354. The van der Waals surface area contributed by atoms with Crippen LogP contribution in [-0.2, 0) is 18.4 Å². The Hall–Kier alpha value is -0.433. The van der Waals surface area contributed by atoms with Crippen LogP contribution >= 0.6 is 0 Å². The van der Waals surface area contributed by atoms with Gasteiger partial charge in [-0.25, -0.2) is 0 Å². The lowest BCUT2D eigenvalue weighted by Gasteiger charge is -2.22. The summed E-state index contributed by atoms with van der Waals surface area (Å²) >= 11 is 0. The highest BCUT2D eigenvalue weighted by atomic mass is 28.4. The zero-order valence-corrected chi connectivity index (χ0v) is 13.1. The number of hydrogen-bond donors (Lipinski definition) is 1. The molecule has 0 atom stereocenters.